The standard InChI is InChI=1S/C3H6N2O2.C3H9NO2/c4-2(6)1-3(5)7;4-3(1-5)2-6/h1H2,(H2,4,6)(H2,5,7);3,5-6H,1-2,4H2. The van der Waals surface area contributed by atoms with Gasteiger partial charge in [0.1, 0.15) is 6.42 Å². The van der Waals surface area contributed by atoms with E-state index in [-0.39, 0.29) is 19.6 Å². The molecule has 2 amide bonds. The summed E-state index contributed by atoms with van der Waals surface area (Å²) in [5.41, 5.74) is 14.1. The van der Waals surface area contributed by atoms with Crippen LogP contribution >= 0.6 is 0 Å². The average molecular weight is 193 g/mol. The van der Waals surface area contributed by atoms with E-state index in [1.165, 1.54) is 0 Å². The summed E-state index contributed by atoms with van der Waals surface area (Å²) in [5.74, 6) is -1.37. The maximum absolute atomic E-state index is 9.73. The van der Waals surface area contributed by atoms with Gasteiger partial charge in [0.15, 0.2) is 0 Å². The fourth-order valence-corrected chi connectivity index (χ4v) is 0.229. The van der Waals surface area contributed by atoms with Crippen LogP contribution in [0, 0.1) is 0 Å². The van der Waals surface area contributed by atoms with Gasteiger partial charge in [-0.3, -0.25) is 9.59 Å². The van der Waals surface area contributed by atoms with Crippen LogP contribution in [0.15, 0.2) is 0 Å². The van der Waals surface area contributed by atoms with E-state index in [4.69, 9.17) is 15.9 Å². The average Bonchev–Trinajstić information content (AvgIpc) is 2.01. The minimum Gasteiger partial charge on any atom is -0.395 e. The lowest BCUT2D eigenvalue weighted by molar-refractivity contribution is -0.125. The van der Waals surface area contributed by atoms with Gasteiger partial charge in [0.2, 0.25) is 11.8 Å². The summed E-state index contributed by atoms with van der Waals surface area (Å²) in [4.78, 5) is 19.5. The van der Waals surface area contributed by atoms with Gasteiger partial charge in [-0.15, -0.1) is 0 Å². The van der Waals surface area contributed by atoms with Crippen molar-refractivity contribution in [3.8, 4) is 0 Å². The normalized spacial score (nSPS) is 8.92. The molecule has 0 fully saturated rings. The number of aliphatic hydroxyl groups excluding tert-OH is 2. The van der Waals surface area contributed by atoms with Crippen LogP contribution in [-0.4, -0.2) is 41.3 Å². The van der Waals surface area contributed by atoms with Crippen molar-refractivity contribution in [2.24, 2.45) is 17.2 Å². The molecule has 7 nitrogen and oxygen atoms in total. The fraction of sp³-hybridized carbons (Fsp3) is 0.667. The first kappa shape index (κ1) is 14.3. The molecule has 0 unspecified atom stereocenters. The summed E-state index contributed by atoms with van der Waals surface area (Å²) >= 11 is 0. The molecule has 0 radical (unpaired) electrons. The number of hydrogen-bond acceptors (Lipinski definition) is 5. The molecular formula is C6H15N3O4. The van der Waals surface area contributed by atoms with Gasteiger partial charge in [-0.05, 0) is 0 Å². The number of rotatable bonds is 4. The van der Waals surface area contributed by atoms with Gasteiger partial charge in [0, 0.05) is 0 Å². The molecule has 0 aliphatic heterocycles. The van der Waals surface area contributed by atoms with Gasteiger partial charge in [0.05, 0.1) is 19.3 Å². The molecule has 7 heteroatoms. The zero-order valence-corrected chi connectivity index (χ0v) is 7.14. The number of hydrogen-bond donors (Lipinski definition) is 5. The molecule has 13 heavy (non-hydrogen) atoms. The quantitative estimate of drug-likeness (QED) is 0.295. The Bertz CT molecular complexity index is 146. The molecule has 0 atom stereocenters. The maximum atomic E-state index is 9.73. The van der Waals surface area contributed by atoms with E-state index in [1.54, 1.807) is 0 Å². The highest BCUT2D eigenvalue weighted by Crippen LogP contribution is 1.68. The van der Waals surface area contributed by atoms with Crippen LogP contribution in [0.3, 0.4) is 0 Å². The molecule has 0 aromatic carbocycles. The van der Waals surface area contributed by atoms with Crippen LogP contribution in [0.5, 0.6) is 0 Å². The minimum absolute atomic E-state index is 0.142. The van der Waals surface area contributed by atoms with Crippen molar-refractivity contribution >= 4 is 11.8 Å². The molecule has 0 aliphatic rings. The first-order chi connectivity index (χ1) is 5.93. The molecule has 0 heterocycles. The van der Waals surface area contributed by atoms with E-state index in [2.05, 4.69) is 11.5 Å². The second-order valence-electron chi connectivity index (χ2n) is 2.23. The molecule has 0 spiro atoms. The van der Waals surface area contributed by atoms with Crippen molar-refractivity contribution < 1.29 is 19.8 Å². The summed E-state index contributed by atoms with van der Waals surface area (Å²) in [7, 11) is 0. The van der Waals surface area contributed by atoms with Gasteiger partial charge < -0.3 is 27.4 Å². The molecule has 0 saturated carbocycles. The highest BCUT2D eigenvalue weighted by atomic mass is 16.3. The molecule has 0 bridgehead atoms. The van der Waals surface area contributed by atoms with Gasteiger partial charge in [-0.1, -0.05) is 0 Å². The van der Waals surface area contributed by atoms with Crippen LogP contribution in [0.4, 0.5) is 0 Å². The van der Waals surface area contributed by atoms with E-state index < -0.39 is 17.9 Å². The third-order valence-electron chi connectivity index (χ3n) is 0.817. The first-order valence-electron chi connectivity index (χ1n) is 3.47. The summed E-state index contributed by atoms with van der Waals surface area (Å²) in [6.45, 7) is -0.285. The van der Waals surface area contributed by atoms with E-state index in [9.17, 15) is 9.59 Å². The number of nitrogens with two attached hydrogens (primary N) is 3. The van der Waals surface area contributed by atoms with Gasteiger partial charge >= 0.3 is 0 Å². The van der Waals surface area contributed by atoms with Gasteiger partial charge in [0.25, 0.3) is 0 Å². The smallest absolute Gasteiger partial charge is 0.226 e. The lowest BCUT2D eigenvalue weighted by Gasteiger charge is -1.98. The van der Waals surface area contributed by atoms with Crippen molar-refractivity contribution in [2.75, 3.05) is 13.2 Å². The third kappa shape index (κ3) is 18.1. The molecule has 0 aromatic rings. The number of carbonyl (C=O) groups is 2. The van der Waals surface area contributed by atoms with E-state index >= 15 is 0 Å². The largest absolute Gasteiger partial charge is 0.395 e. The van der Waals surface area contributed by atoms with Crippen LogP contribution in [0.1, 0.15) is 6.42 Å². The van der Waals surface area contributed by atoms with Crippen molar-refractivity contribution in [3.63, 3.8) is 0 Å². The highest BCUT2D eigenvalue weighted by Gasteiger charge is 1.96. The number of carbonyl (C=O) groups excluding carboxylic acids is 2. The Labute approximate surface area is 75.5 Å². The molecular weight excluding hydrogens is 178 g/mol. The van der Waals surface area contributed by atoms with E-state index in [0.717, 1.165) is 0 Å². The Morgan fingerprint density at radius 1 is 1.08 bits per heavy atom. The predicted molar refractivity (Wildman–Crippen MR) is 45.2 cm³/mol. The molecule has 0 aromatic heterocycles. The second kappa shape index (κ2) is 8.91. The van der Waals surface area contributed by atoms with Crippen molar-refractivity contribution in [1.82, 2.24) is 0 Å². The summed E-state index contributed by atoms with van der Waals surface area (Å²) in [6, 6.07) is -0.454. The van der Waals surface area contributed by atoms with Crippen LogP contribution in [0.25, 0.3) is 0 Å². The number of primary amides is 2. The summed E-state index contributed by atoms with van der Waals surface area (Å²) in [5, 5.41) is 16.1. The molecule has 78 valence electrons. The number of aliphatic hydroxyl groups is 2. The zero-order chi connectivity index (χ0) is 10.9. The minimum atomic E-state index is -0.687. The van der Waals surface area contributed by atoms with Crippen LogP contribution in [0.2, 0.25) is 0 Å². The Kier molecular flexibility index (Phi) is 9.84. The molecule has 0 saturated heterocycles. The lowest BCUT2D eigenvalue weighted by atomic mass is 10.4. The monoisotopic (exact) mass is 193 g/mol. The van der Waals surface area contributed by atoms with Crippen molar-refractivity contribution in [2.45, 2.75) is 12.5 Å². The van der Waals surface area contributed by atoms with Gasteiger partial charge in [-0.2, -0.15) is 0 Å². The molecule has 0 aliphatic carbocycles. The van der Waals surface area contributed by atoms with Crippen LogP contribution in [-0.2, 0) is 9.59 Å². The second-order valence-corrected chi connectivity index (χ2v) is 2.23. The van der Waals surface area contributed by atoms with E-state index in [1.807, 2.05) is 0 Å². The third-order valence-corrected chi connectivity index (χ3v) is 0.817. The molecule has 0 rings (SSSR count). The van der Waals surface area contributed by atoms with E-state index in [0.29, 0.717) is 0 Å². The van der Waals surface area contributed by atoms with Crippen LogP contribution < -0.4 is 17.2 Å². The number of amides is 2. The lowest BCUT2D eigenvalue weighted by Crippen LogP contribution is -2.27. The summed E-state index contributed by atoms with van der Waals surface area (Å²) in [6.07, 6.45) is -0.361. The molecule has 8 N–H and O–H groups in total. The SMILES string of the molecule is NC(=O)CC(N)=O.NC(CO)CO. The Morgan fingerprint density at radius 2 is 1.38 bits per heavy atom. The Hall–Kier alpha value is -1.18. The summed E-state index contributed by atoms with van der Waals surface area (Å²) < 4.78 is 0. The zero-order valence-electron chi connectivity index (χ0n) is 7.14. The van der Waals surface area contributed by atoms with Gasteiger partial charge in [-0.25, -0.2) is 0 Å². The topological polar surface area (TPSA) is 153 Å². The van der Waals surface area contributed by atoms with Crippen molar-refractivity contribution in [3.05, 3.63) is 0 Å². The fourth-order valence-electron chi connectivity index (χ4n) is 0.229. The highest BCUT2D eigenvalue weighted by molar-refractivity contribution is 5.95. The first-order valence-corrected chi connectivity index (χ1v) is 3.47. The van der Waals surface area contributed by atoms with Crippen molar-refractivity contribution in [1.29, 1.82) is 0 Å². The predicted octanol–water partition coefficient (Wildman–Crippen LogP) is -3.35. The Morgan fingerprint density at radius 3 is 1.38 bits per heavy atom. The Balaban J connectivity index is 0. The maximum Gasteiger partial charge on any atom is 0.226 e.